The Balaban J connectivity index is 1.70. The minimum atomic E-state index is 0.207. The van der Waals surface area contributed by atoms with Crippen molar-refractivity contribution in [3.05, 3.63) is 0 Å². The highest BCUT2D eigenvalue weighted by Crippen LogP contribution is 2.32. The maximum absolute atomic E-state index is 11.7. The predicted molar refractivity (Wildman–Crippen MR) is 55.5 cm³/mol. The van der Waals surface area contributed by atoms with Gasteiger partial charge in [0.2, 0.25) is 5.91 Å². The summed E-state index contributed by atoms with van der Waals surface area (Å²) in [6.07, 6.45) is 4.89. The molecule has 0 aromatic heterocycles. The van der Waals surface area contributed by atoms with Gasteiger partial charge in [0.15, 0.2) is 0 Å². The molecule has 15 heavy (non-hydrogen) atoms. The first-order valence-electron chi connectivity index (χ1n) is 5.82. The maximum atomic E-state index is 11.7. The molecule has 82 valence electrons. The lowest BCUT2D eigenvalue weighted by atomic mass is 9.93. The van der Waals surface area contributed by atoms with Crippen molar-refractivity contribution >= 4 is 11.6 Å². The van der Waals surface area contributed by atoms with Gasteiger partial charge in [0.05, 0.1) is 18.2 Å². The molecule has 2 fully saturated rings. The normalized spacial score (nSPS) is 28.4. The first-order chi connectivity index (χ1) is 7.34. The minimum Gasteiger partial charge on any atom is -0.381 e. The third-order valence-corrected chi connectivity index (χ3v) is 3.41. The van der Waals surface area contributed by atoms with Gasteiger partial charge >= 0.3 is 0 Å². The second-order valence-electron chi connectivity index (χ2n) is 4.62. The number of carbonyl (C=O) groups excluding carboxylic acids is 1. The number of rotatable bonds is 2. The smallest absolute Gasteiger partial charge is 0.248 e. The van der Waals surface area contributed by atoms with Gasteiger partial charge < -0.3 is 4.74 Å². The van der Waals surface area contributed by atoms with Crippen molar-refractivity contribution in [3.8, 4) is 0 Å². The van der Waals surface area contributed by atoms with Crippen LogP contribution < -0.4 is 0 Å². The average molecular weight is 208 g/mol. The lowest BCUT2D eigenvalue weighted by molar-refractivity contribution is -0.129. The molecule has 4 nitrogen and oxygen atoms in total. The van der Waals surface area contributed by atoms with Gasteiger partial charge in [-0.2, -0.15) is 5.10 Å². The monoisotopic (exact) mass is 208 g/mol. The summed E-state index contributed by atoms with van der Waals surface area (Å²) in [4.78, 5) is 11.7. The Morgan fingerprint density at radius 1 is 1.20 bits per heavy atom. The van der Waals surface area contributed by atoms with Crippen molar-refractivity contribution in [2.24, 2.45) is 11.0 Å². The fourth-order valence-corrected chi connectivity index (χ4v) is 2.33. The van der Waals surface area contributed by atoms with Crippen LogP contribution in [-0.2, 0) is 9.53 Å². The quantitative estimate of drug-likeness (QED) is 0.683. The Morgan fingerprint density at radius 3 is 2.60 bits per heavy atom. The minimum absolute atomic E-state index is 0.207. The Morgan fingerprint density at radius 2 is 1.93 bits per heavy atom. The van der Waals surface area contributed by atoms with E-state index in [2.05, 4.69) is 5.10 Å². The van der Waals surface area contributed by atoms with Crippen LogP contribution in [0, 0.1) is 5.92 Å². The second kappa shape index (κ2) is 3.59. The van der Waals surface area contributed by atoms with E-state index in [-0.39, 0.29) is 5.91 Å². The molecule has 1 aliphatic carbocycles. The van der Waals surface area contributed by atoms with Crippen LogP contribution in [0.3, 0.4) is 0 Å². The Bertz CT molecular complexity index is 304. The molecule has 3 aliphatic rings. The van der Waals surface area contributed by atoms with Gasteiger partial charge in [0.1, 0.15) is 0 Å². The van der Waals surface area contributed by atoms with E-state index in [1.165, 1.54) is 0 Å². The first-order valence-corrected chi connectivity index (χ1v) is 5.82. The van der Waals surface area contributed by atoms with Crippen LogP contribution in [0.4, 0.5) is 0 Å². The second-order valence-corrected chi connectivity index (χ2v) is 4.62. The van der Waals surface area contributed by atoms with Crippen LogP contribution >= 0.6 is 0 Å². The highest BCUT2D eigenvalue weighted by molar-refractivity contribution is 6.06. The molecule has 2 heterocycles. The van der Waals surface area contributed by atoms with E-state index in [0.717, 1.165) is 44.6 Å². The molecular weight excluding hydrogens is 192 g/mol. The lowest BCUT2D eigenvalue weighted by Gasteiger charge is -2.21. The molecule has 0 spiro atoms. The standard InChI is InChI=1S/C11H16N2O2/c14-11-7-10(8-3-5-15-6-4-8)12-13(11)9-1-2-9/h8-9H,1-7H2. The molecule has 1 saturated heterocycles. The van der Waals surface area contributed by atoms with Gasteiger partial charge in [-0.05, 0) is 25.7 Å². The van der Waals surface area contributed by atoms with Gasteiger partial charge in [-0.3, -0.25) is 4.79 Å². The average Bonchev–Trinajstić information content (AvgIpc) is 3.04. The molecule has 3 rings (SSSR count). The van der Waals surface area contributed by atoms with E-state index in [4.69, 9.17) is 4.74 Å². The Hall–Kier alpha value is -0.900. The van der Waals surface area contributed by atoms with E-state index in [1.54, 1.807) is 5.01 Å². The van der Waals surface area contributed by atoms with E-state index in [9.17, 15) is 4.79 Å². The van der Waals surface area contributed by atoms with E-state index in [0.29, 0.717) is 18.4 Å². The molecule has 1 saturated carbocycles. The van der Waals surface area contributed by atoms with Crippen molar-refractivity contribution < 1.29 is 9.53 Å². The topological polar surface area (TPSA) is 41.9 Å². The summed E-state index contributed by atoms with van der Waals surface area (Å²) in [5.74, 6) is 0.699. The van der Waals surface area contributed by atoms with Crippen molar-refractivity contribution in [2.75, 3.05) is 13.2 Å². The van der Waals surface area contributed by atoms with Crippen molar-refractivity contribution in [2.45, 2.75) is 38.1 Å². The Labute approximate surface area is 89.3 Å². The van der Waals surface area contributed by atoms with Crippen LogP contribution in [-0.4, -0.2) is 35.9 Å². The zero-order valence-corrected chi connectivity index (χ0v) is 8.82. The third-order valence-electron chi connectivity index (χ3n) is 3.41. The van der Waals surface area contributed by atoms with E-state index in [1.807, 2.05) is 0 Å². The number of hydrogen-bond acceptors (Lipinski definition) is 3. The van der Waals surface area contributed by atoms with Crippen molar-refractivity contribution in [3.63, 3.8) is 0 Å². The summed E-state index contributed by atoms with van der Waals surface area (Å²) in [5.41, 5.74) is 1.11. The summed E-state index contributed by atoms with van der Waals surface area (Å²) < 4.78 is 5.32. The number of hydrazone groups is 1. The van der Waals surface area contributed by atoms with Crippen LogP contribution in [0.25, 0.3) is 0 Å². The molecule has 2 aliphatic heterocycles. The lowest BCUT2D eigenvalue weighted by Crippen LogP contribution is -2.23. The largest absolute Gasteiger partial charge is 0.381 e. The van der Waals surface area contributed by atoms with Gasteiger partial charge in [0.25, 0.3) is 0 Å². The fourth-order valence-electron chi connectivity index (χ4n) is 2.33. The van der Waals surface area contributed by atoms with Crippen molar-refractivity contribution in [1.82, 2.24) is 5.01 Å². The number of amides is 1. The van der Waals surface area contributed by atoms with Gasteiger partial charge in [0, 0.05) is 19.1 Å². The molecule has 1 amide bonds. The summed E-state index contributed by atoms with van der Waals surface area (Å²) in [6, 6.07) is 0.426. The zero-order valence-electron chi connectivity index (χ0n) is 8.82. The fraction of sp³-hybridized carbons (Fsp3) is 0.818. The highest BCUT2D eigenvalue weighted by Gasteiger charge is 2.38. The summed E-state index contributed by atoms with van der Waals surface area (Å²) in [6.45, 7) is 1.64. The maximum Gasteiger partial charge on any atom is 0.248 e. The third kappa shape index (κ3) is 1.78. The molecule has 0 bridgehead atoms. The van der Waals surface area contributed by atoms with Crippen molar-refractivity contribution in [1.29, 1.82) is 0 Å². The molecule has 0 unspecified atom stereocenters. The number of hydrogen-bond donors (Lipinski definition) is 0. The van der Waals surface area contributed by atoms with Gasteiger partial charge in [-0.15, -0.1) is 0 Å². The highest BCUT2D eigenvalue weighted by atomic mass is 16.5. The van der Waals surface area contributed by atoms with Crippen LogP contribution in [0.5, 0.6) is 0 Å². The predicted octanol–water partition coefficient (Wildman–Crippen LogP) is 1.16. The molecule has 0 radical (unpaired) electrons. The molecule has 0 atom stereocenters. The number of carbonyl (C=O) groups is 1. The van der Waals surface area contributed by atoms with Gasteiger partial charge in [-0.25, -0.2) is 5.01 Å². The number of nitrogens with zero attached hydrogens (tertiary/aromatic N) is 2. The first kappa shape index (κ1) is 9.33. The summed E-state index contributed by atoms with van der Waals surface area (Å²) in [7, 11) is 0. The molecule has 4 heteroatoms. The summed E-state index contributed by atoms with van der Waals surface area (Å²) in [5, 5.41) is 6.23. The van der Waals surface area contributed by atoms with E-state index >= 15 is 0 Å². The van der Waals surface area contributed by atoms with Gasteiger partial charge in [-0.1, -0.05) is 0 Å². The molecular formula is C11H16N2O2. The SMILES string of the molecule is O=C1CC(C2CCOCC2)=NN1C1CC1. The Kier molecular flexibility index (Phi) is 2.24. The molecule has 0 aromatic rings. The zero-order chi connectivity index (χ0) is 10.3. The molecule has 0 aromatic carbocycles. The molecule has 0 N–H and O–H groups in total. The van der Waals surface area contributed by atoms with Crippen LogP contribution in [0.15, 0.2) is 5.10 Å². The van der Waals surface area contributed by atoms with Crippen LogP contribution in [0.2, 0.25) is 0 Å². The van der Waals surface area contributed by atoms with Crippen LogP contribution in [0.1, 0.15) is 32.1 Å². The summed E-state index contributed by atoms with van der Waals surface area (Å²) >= 11 is 0. The van der Waals surface area contributed by atoms with E-state index < -0.39 is 0 Å². The number of ether oxygens (including phenoxy) is 1.